The van der Waals surface area contributed by atoms with Crippen molar-refractivity contribution in [3.8, 4) is 0 Å². The van der Waals surface area contributed by atoms with Gasteiger partial charge in [0, 0.05) is 12.6 Å². The lowest BCUT2D eigenvalue weighted by atomic mass is 10.2. The summed E-state index contributed by atoms with van der Waals surface area (Å²) in [6.07, 6.45) is 3.65. The Hall–Kier alpha value is -1.21. The molecular weight excluding hydrogens is 216 g/mol. The zero-order valence-corrected chi connectivity index (χ0v) is 8.87. The number of rotatable bonds is 5. The first-order valence-electron chi connectivity index (χ1n) is 4.76. The van der Waals surface area contributed by atoms with E-state index >= 15 is 0 Å². The van der Waals surface area contributed by atoms with Crippen molar-refractivity contribution < 1.29 is 4.92 Å². The third-order valence-corrected chi connectivity index (χ3v) is 3.30. The Morgan fingerprint density at radius 3 is 3.07 bits per heavy atom. The highest BCUT2D eigenvalue weighted by atomic mass is 32.1. The molecule has 1 aromatic heterocycles. The Morgan fingerprint density at radius 2 is 2.53 bits per heavy atom. The van der Waals surface area contributed by atoms with E-state index in [0.29, 0.717) is 17.6 Å². The minimum absolute atomic E-state index is 0.0532. The number of nitrogens with two attached hydrogens (primary N) is 1. The van der Waals surface area contributed by atoms with Crippen LogP contribution in [0.1, 0.15) is 12.8 Å². The highest BCUT2D eigenvalue weighted by Gasteiger charge is 2.28. The van der Waals surface area contributed by atoms with Crippen LogP contribution in [0.4, 0.5) is 10.1 Å². The minimum atomic E-state index is -0.441. The quantitative estimate of drug-likeness (QED) is 0.583. The van der Waals surface area contributed by atoms with Gasteiger partial charge in [-0.25, -0.2) is 4.98 Å². The first-order valence-corrected chi connectivity index (χ1v) is 5.58. The Kier molecular flexibility index (Phi) is 2.83. The van der Waals surface area contributed by atoms with Gasteiger partial charge in [0.05, 0.1) is 4.92 Å². The second-order valence-corrected chi connectivity index (χ2v) is 4.65. The van der Waals surface area contributed by atoms with Gasteiger partial charge < -0.3 is 11.1 Å². The lowest BCUT2D eigenvalue weighted by molar-refractivity contribution is -0.380. The molecule has 0 amide bonds. The van der Waals surface area contributed by atoms with Crippen molar-refractivity contribution in [1.29, 1.82) is 0 Å². The molecule has 6 nitrogen and oxygen atoms in total. The summed E-state index contributed by atoms with van der Waals surface area (Å²) < 4.78 is 0. The maximum atomic E-state index is 10.4. The van der Waals surface area contributed by atoms with Crippen LogP contribution in [0.3, 0.4) is 0 Å². The van der Waals surface area contributed by atoms with Crippen LogP contribution >= 0.6 is 11.3 Å². The van der Waals surface area contributed by atoms with Crippen molar-refractivity contribution in [2.75, 3.05) is 11.9 Å². The maximum Gasteiger partial charge on any atom is 0.345 e. The van der Waals surface area contributed by atoms with Crippen LogP contribution in [0, 0.1) is 16.0 Å². The van der Waals surface area contributed by atoms with Crippen LogP contribution in [-0.4, -0.2) is 22.5 Å². The molecule has 1 fully saturated rings. The van der Waals surface area contributed by atoms with Gasteiger partial charge >= 0.3 is 5.00 Å². The molecule has 0 aromatic carbocycles. The summed E-state index contributed by atoms with van der Waals surface area (Å²) in [4.78, 5) is 13.9. The van der Waals surface area contributed by atoms with E-state index in [1.54, 1.807) is 0 Å². The molecule has 0 spiro atoms. The lowest BCUT2D eigenvalue weighted by Gasteiger charge is -2.09. The molecule has 7 heteroatoms. The van der Waals surface area contributed by atoms with Gasteiger partial charge in [0.15, 0.2) is 5.13 Å². The standard InChI is InChI=1S/C8H12N4O2S/c9-6(5-1-2-5)3-10-8-11-4-7(15-8)12(13)14/h4-6H,1-3,9H2,(H,10,11). The molecule has 1 atom stereocenters. The molecular formula is C8H12N4O2S. The molecule has 15 heavy (non-hydrogen) atoms. The van der Waals surface area contributed by atoms with Gasteiger partial charge in [0.2, 0.25) is 0 Å². The van der Waals surface area contributed by atoms with Gasteiger partial charge in [-0.3, -0.25) is 10.1 Å². The van der Waals surface area contributed by atoms with E-state index < -0.39 is 4.92 Å². The Labute approximate surface area is 90.7 Å². The molecule has 0 aliphatic heterocycles. The summed E-state index contributed by atoms with van der Waals surface area (Å²) in [5.74, 6) is 0.618. The highest BCUT2D eigenvalue weighted by molar-refractivity contribution is 7.18. The van der Waals surface area contributed by atoms with Crippen LogP contribution in [0.25, 0.3) is 0 Å². The first-order chi connectivity index (χ1) is 7.16. The molecule has 2 rings (SSSR count). The molecule has 82 valence electrons. The predicted octanol–water partition coefficient (Wildman–Crippen LogP) is 1.20. The zero-order chi connectivity index (χ0) is 10.8. The molecule has 1 aromatic rings. The molecule has 0 bridgehead atoms. The number of hydrogen-bond acceptors (Lipinski definition) is 6. The molecule has 1 aliphatic rings. The lowest BCUT2D eigenvalue weighted by Crippen LogP contribution is -2.30. The van der Waals surface area contributed by atoms with Crippen LogP contribution < -0.4 is 11.1 Å². The molecule has 0 saturated heterocycles. The van der Waals surface area contributed by atoms with Crippen LogP contribution in [0.2, 0.25) is 0 Å². The van der Waals surface area contributed by atoms with Gasteiger partial charge in [-0.2, -0.15) is 0 Å². The van der Waals surface area contributed by atoms with E-state index in [1.807, 2.05) is 0 Å². The Bertz CT molecular complexity index is 363. The number of nitro groups is 1. The average molecular weight is 228 g/mol. The van der Waals surface area contributed by atoms with Crippen molar-refractivity contribution in [3.63, 3.8) is 0 Å². The van der Waals surface area contributed by atoms with E-state index in [2.05, 4.69) is 10.3 Å². The number of anilines is 1. The Balaban J connectivity index is 1.84. The molecule has 1 aliphatic carbocycles. The van der Waals surface area contributed by atoms with Gasteiger partial charge in [-0.05, 0) is 30.1 Å². The fourth-order valence-corrected chi connectivity index (χ4v) is 1.97. The molecule has 1 unspecified atom stereocenters. The number of aromatic nitrogens is 1. The second kappa shape index (κ2) is 4.11. The smallest absolute Gasteiger partial charge is 0.345 e. The fourth-order valence-electron chi connectivity index (χ4n) is 1.33. The SMILES string of the molecule is NC(CNc1ncc([N+](=O)[O-])s1)C1CC1. The van der Waals surface area contributed by atoms with Gasteiger partial charge in [0.25, 0.3) is 0 Å². The van der Waals surface area contributed by atoms with Crippen molar-refractivity contribution in [2.45, 2.75) is 18.9 Å². The van der Waals surface area contributed by atoms with Crippen molar-refractivity contribution in [2.24, 2.45) is 11.7 Å². The minimum Gasteiger partial charge on any atom is -0.360 e. The third-order valence-electron chi connectivity index (χ3n) is 2.39. The van der Waals surface area contributed by atoms with Crippen LogP contribution in [0.15, 0.2) is 6.20 Å². The monoisotopic (exact) mass is 228 g/mol. The predicted molar refractivity (Wildman–Crippen MR) is 58.0 cm³/mol. The second-order valence-electron chi connectivity index (χ2n) is 3.64. The third kappa shape index (κ3) is 2.63. The van der Waals surface area contributed by atoms with E-state index in [4.69, 9.17) is 5.73 Å². The van der Waals surface area contributed by atoms with Crippen LogP contribution in [-0.2, 0) is 0 Å². The van der Waals surface area contributed by atoms with Gasteiger partial charge in [-0.15, -0.1) is 0 Å². The average Bonchev–Trinajstić information content (AvgIpc) is 2.93. The Morgan fingerprint density at radius 1 is 1.80 bits per heavy atom. The summed E-state index contributed by atoms with van der Waals surface area (Å²) >= 11 is 1.04. The van der Waals surface area contributed by atoms with E-state index in [0.717, 1.165) is 11.3 Å². The summed E-state index contributed by atoms with van der Waals surface area (Å²) in [5.41, 5.74) is 5.87. The van der Waals surface area contributed by atoms with Gasteiger partial charge in [-0.1, -0.05) is 0 Å². The summed E-state index contributed by atoms with van der Waals surface area (Å²) in [5, 5.41) is 14.0. The van der Waals surface area contributed by atoms with Gasteiger partial charge in [0.1, 0.15) is 6.20 Å². The highest BCUT2D eigenvalue weighted by Crippen LogP contribution is 2.32. The van der Waals surface area contributed by atoms with E-state index in [1.165, 1.54) is 19.0 Å². The zero-order valence-electron chi connectivity index (χ0n) is 8.05. The molecule has 1 heterocycles. The number of nitrogens with one attached hydrogen (secondary N) is 1. The number of thiazole rings is 1. The van der Waals surface area contributed by atoms with Crippen LogP contribution in [0.5, 0.6) is 0 Å². The topological polar surface area (TPSA) is 94.1 Å². The van der Waals surface area contributed by atoms with Crippen molar-refractivity contribution in [1.82, 2.24) is 4.98 Å². The first kappa shape index (κ1) is 10.3. The molecule has 3 N–H and O–H groups in total. The maximum absolute atomic E-state index is 10.4. The summed E-state index contributed by atoms with van der Waals surface area (Å²) in [6, 6.07) is 0.132. The normalized spacial score (nSPS) is 17.4. The van der Waals surface area contributed by atoms with Crippen molar-refractivity contribution in [3.05, 3.63) is 16.3 Å². The van der Waals surface area contributed by atoms with E-state index in [9.17, 15) is 10.1 Å². The van der Waals surface area contributed by atoms with E-state index in [-0.39, 0.29) is 11.0 Å². The summed E-state index contributed by atoms with van der Waals surface area (Å²) in [7, 11) is 0. The number of hydrogen-bond donors (Lipinski definition) is 2. The number of nitrogens with zero attached hydrogens (tertiary/aromatic N) is 2. The largest absolute Gasteiger partial charge is 0.360 e. The molecule has 1 saturated carbocycles. The summed E-state index contributed by atoms with van der Waals surface area (Å²) in [6.45, 7) is 0.634. The van der Waals surface area contributed by atoms with Crippen molar-refractivity contribution >= 4 is 21.5 Å². The molecule has 0 radical (unpaired) electrons. The fraction of sp³-hybridized carbons (Fsp3) is 0.625.